The van der Waals surface area contributed by atoms with Gasteiger partial charge in [-0.1, -0.05) is 44.2 Å². The number of rotatable bonds is 7. The van der Waals surface area contributed by atoms with Crippen LogP contribution in [-0.2, 0) is 11.3 Å². The molecule has 2 atom stereocenters. The second kappa shape index (κ2) is 10.0. The molecule has 1 saturated heterocycles. The van der Waals surface area contributed by atoms with Gasteiger partial charge in [-0.15, -0.1) is 12.4 Å². The van der Waals surface area contributed by atoms with Crippen LogP contribution in [0.25, 0.3) is 0 Å². The highest BCUT2D eigenvalue weighted by molar-refractivity contribution is 5.85. The van der Waals surface area contributed by atoms with E-state index in [0.717, 1.165) is 39.1 Å². The highest BCUT2D eigenvalue weighted by Crippen LogP contribution is 2.20. The average molecular weight is 354 g/mol. The predicted octanol–water partition coefficient (Wildman–Crippen LogP) is 2.76. The molecule has 1 unspecified atom stereocenters. The summed E-state index contributed by atoms with van der Waals surface area (Å²) in [5.74, 6) is 0.848. The Kier molecular flexibility index (Phi) is 8.74. The minimum atomic E-state index is -0.378. The third-order valence-corrected chi connectivity index (χ3v) is 4.79. The maximum atomic E-state index is 12.5. The lowest BCUT2D eigenvalue weighted by Crippen LogP contribution is -2.48. The quantitative estimate of drug-likeness (QED) is 0.820. The van der Waals surface area contributed by atoms with Crippen molar-refractivity contribution in [3.05, 3.63) is 35.9 Å². The number of nitrogens with two attached hydrogens (primary N) is 1. The summed E-state index contributed by atoms with van der Waals surface area (Å²) in [6, 6.07) is 10.2. The molecule has 0 aromatic heterocycles. The Bertz CT molecular complexity index is 495. The summed E-state index contributed by atoms with van der Waals surface area (Å²) >= 11 is 0. The zero-order valence-corrected chi connectivity index (χ0v) is 16.0. The summed E-state index contributed by atoms with van der Waals surface area (Å²) in [5.41, 5.74) is 7.40. The number of amides is 1. The third-order valence-electron chi connectivity index (χ3n) is 4.79. The molecule has 2 N–H and O–H groups in total. The Morgan fingerprint density at radius 2 is 2.00 bits per heavy atom. The fraction of sp³-hybridized carbons (Fsp3) is 0.632. The number of benzene rings is 1. The molecular formula is C19H32ClN3O. The molecule has 1 fully saturated rings. The number of hydrogen-bond acceptors (Lipinski definition) is 3. The van der Waals surface area contributed by atoms with Crippen molar-refractivity contribution < 1.29 is 4.79 Å². The molecule has 136 valence electrons. The van der Waals surface area contributed by atoms with Crippen molar-refractivity contribution >= 4 is 18.3 Å². The lowest BCUT2D eigenvalue weighted by atomic mass is 10.0. The molecular weight excluding hydrogens is 322 g/mol. The lowest BCUT2D eigenvalue weighted by Gasteiger charge is -2.28. The molecule has 0 saturated carbocycles. The number of carbonyl (C=O) groups is 1. The Morgan fingerprint density at radius 1 is 1.33 bits per heavy atom. The molecule has 0 radical (unpaired) electrons. The molecule has 1 amide bonds. The normalized spacial score (nSPS) is 19.1. The topological polar surface area (TPSA) is 49.6 Å². The summed E-state index contributed by atoms with van der Waals surface area (Å²) in [6.45, 7) is 10.8. The molecule has 1 aliphatic heterocycles. The van der Waals surface area contributed by atoms with Crippen molar-refractivity contribution in [1.82, 2.24) is 9.80 Å². The van der Waals surface area contributed by atoms with Crippen molar-refractivity contribution in [3.63, 3.8) is 0 Å². The van der Waals surface area contributed by atoms with Gasteiger partial charge in [0.25, 0.3) is 0 Å². The number of likely N-dealkylation sites (tertiary alicyclic amines) is 1. The van der Waals surface area contributed by atoms with Crippen LogP contribution in [0.2, 0.25) is 0 Å². The molecule has 1 aromatic rings. The van der Waals surface area contributed by atoms with Gasteiger partial charge in [0.1, 0.15) is 0 Å². The van der Waals surface area contributed by atoms with E-state index in [0.29, 0.717) is 5.92 Å². The van der Waals surface area contributed by atoms with Crippen LogP contribution in [0.1, 0.15) is 32.8 Å². The van der Waals surface area contributed by atoms with Gasteiger partial charge in [-0.3, -0.25) is 9.69 Å². The van der Waals surface area contributed by atoms with Crippen molar-refractivity contribution in [2.45, 2.75) is 39.8 Å². The summed E-state index contributed by atoms with van der Waals surface area (Å²) in [4.78, 5) is 16.9. The van der Waals surface area contributed by atoms with Gasteiger partial charge in [0.2, 0.25) is 5.91 Å². The molecule has 1 aliphatic rings. The molecule has 4 nitrogen and oxygen atoms in total. The first-order valence-corrected chi connectivity index (χ1v) is 8.82. The molecule has 5 heteroatoms. The molecule has 1 aromatic carbocycles. The monoisotopic (exact) mass is 353 g/mol. The second-order valence-corrected chi connectivity index (χ2v) is 7.02. The van der Waals surface area contributed by atoms with Crippen molar-refractivity contribution in [3.8, 4) is 0 Å². The summed E-state index contributed by atoms with van der Waals surface area (Å²) in [5, 5.41) is 0. The van der Waals surface area contributed by atoms with E-state index < -0.39 is 0 Å². The minimum Gasteiger partial charge on any atom is -0.341 e. The van der Waals surface area contributed by atoms with Crippen LogP contribution >= 0.6 is 12.4 Å². The fourth-order valence-corrected chi connectivity index (χ4v) is 3.23. The standard InChI is InChI=1S/C19H31N3O.ClH/c1-4-22(19(23)18(20)15(2)3)14-17-10-11-21(13-17)12-16-8-6-5-7-9-16;/h5-9,15,17-18H,4,10-14,20H2,1-3H3;1H/t17?,18-;/m0./s1. The van der Waals surface area contributed by atoms with Crippen LogP contribution in [0, 0.1) is 11.8 Å². The van der Waals surface area contributed by atoms with Crippen LogP contribution in [0.5, 0.6) is 0 Å². The molecule has 2 rings (SSSR count). The van der Waals surface area contributed by atoms with Gasteiger partial charge in [-0.2, -0.15) is 0 Å². The van der Waals surface area contributed by atoms with Crippen LogP contribution in [0.4, 0.5) is 0 Å². The van der Waals surface area contributed by atoms with Gasteiger partial charge in [0.15, 0.2) is 0 Å². The summed E-state index contributed by atoms with van der Waals surface area (Å²) < 4.78 is 0. The largest absolute Gasteiger partial charge is 0.341 e. The molecule has 24 heavy (non-hydrogen) atoms. The zero-order chi connectivity index (χ0) is 16.8. The maximum absolute atomic E-state index is 12.5. The van der Waals surface area contributed by atoms with Gasteiger partial charge in [0, 0.05) is 26.2 Å². The predicted molar refractivity (Wildman–Crippen MR) is 102 cm³/mol. The van der Waals surface area contributed by atoms with Gasteiger partial charge < -0.3 is 10.6 Å². The highest BCUT2D eigenvalue weighted by atomic mass is 35.5. The van der Waals surface area contributed by atoms with Gasteiger partial charge >= 0.3 is 0 Å². The Labute approximate surface area is 152 Å². The third kappa shape index (κ3) is 5.76. The van der Waals surface area contributed by atoms with E-state index in [1.165, 1.54) is 5.56 Å². The molecule has 1 heterocycles. The Hall–Kier alpha value is -1.10. The van der Waals surface area contributed by atoms with Gasteiger partial charge in [0.05, 0.1) is 6.04 Å². The zero-order valence-electron chi connectivity index (χ0n) is 15.1. The summed E-state index contributed by atoms with van der Waals surface area (Å²) in [6.07, 6.45) is 1.16. The fourth-order valence-electron chi connectivity index (χ4n) is 3.23. The van der Waals surface area contributed by atoms with E-state index in [1.54, 1.807) is 0 Å². The SMILES string of the molecule is CCN(CC1CCN(Cc2ccccc2)C1)C(=O)[C@@H](N)C(C)C.Cl. The Balaban J connectivity index is 0.00000288. The van der Waals surface area contributed by atoms with Crippen molar-refractivity contribution in [2.24, 2.45) is 17.6 Å². The number of nitrogens with zero attached hydrogens (tertiary/aromatic N) is 2. The first-order chi connectivity index (χ1) is 11.0. The molecule has 0 aliphatic carbocycles. The minimum absolute atomic E-state index is 0. The van der Waals surface area contributed by atoms with Gasteiger partial charge in [-0.25, -0.2) is 0 Å². The van der Waals surface area contributed by atoms with E-state index in [4.69, 9.17) is 5.73 Å². The van der Waals surface area contributed by atoms with Crippen LogP contribution in [-0.4, -0.2) is 47.9 Å². The van der Waals surface area contributed by atoms with E-state index in [9.17, 15) is 4.79 Å². The van der Waals surface area contributed by atoms with Crippen LogP contribution in [0.15, 0.2) is 30.3 Å². The molecule has 0 bridgehead atoms. The van der Waals surface area contributed by atoms with Gasteiger partial charge in [-0.05, 0) is 37.3 Å². The summed E-state index contributed by atoms with van der Waals surface area (Å²) in [7, 11) is 0. The number of likely N-dealkylation sites (N-methyl/N-ethyl adjacent to an activating group) is 1. The van der Waals surface area contributed by atoms with E-state index >= 15 is 0 Å². The average Bonchev–Trinajstić information content (AvgIpc) is 2.99. The second-order valence-electron chi connectivity index (χ2n) is 7.02. The lowest BCUT2D eigenvalue weighted by molar-refractivity contribution is -0.134. The van der Waals surface area contributed by atoms with Crippen molar-refractivity contribution in [2.75, 3.05) is 26.2 Å². The number of halogens is 1. The van der Waals surface area contributed by atoms with E-state index in [1.807, 2.05) is 25.7 Å². The molecule has 0 spiro atoms. The first kappa shape index (κ1) is 20.9. The number of carbonyl (C=O) groups excluding carboxylic acids is 1. The Morgan fingerprint density at radius 3 is 2.58 bits per heavy atom. The van der Waals surface area contributed by atoms with Crippen LogP contribution < -0.4 is 5.73 Å². The highest BCUT2D eigenvalue weighted by Gasteiger charge is 2.28. The van der Waals surface area contributed by atoms with Crippen molar-refractivity contribution in [1.29, 1.82) is 0 Å². The smallest absolute Gasteiger partial charge is 0.239 e. The number of hydrogen-bond donors (Lipinski definition) is 1. The maximum Gasteiger partial charge on any atom is 0.239 e. The first-order valence-electron chi connectivity index (χ1n) is 8.82. The van der Waals surface area contributed by atoms with E-state index in [-0.39, 0.29) is 30.3 Å². The van der Waals surface area contributed by atoms with E-state index in [2.05, 4.69) is 35.2 Å². The van der Waals surface area contributed by atoms with Crippen LogP contribution in [0.3, 0.4) is 0 Å².